The first-order chi connectivity index (χ1) is 8.03. The Balaban J connectivity index is 1.97. The number of hydrogen-bond acceptors (Lipinski definition) is 4. The zero-order valence-corrected chi connectivity index (χ0v) is 11.1. The summed E-state index contributed by atoms with van der Waals surface area (Å²) in [6.45, 7) is 4.68. The summed E-state index contributed by atoms with van der Waals surface area (Å²) >= 11 is 0. The number of nitrogens with zero attached hydrogens (tertiary/aromatic N) is 2. The maximum Gasteiger partial charge on any atom is 0.239 e. The Labute approximate surface area is 103 Å². The van der Waals surface area contributed by atoms with Crippen LogP contribution < -0.4 is 0 Å². The Morgan fingerprint density at radius 3 is 2.47 bits per heavy atom. The normalized spacial score (nSPS) is 29.5. The Hall–Kier alpha value is -0.620. The molecule has 0 bridgehead atoms. The van der Waals surface area contributed by atoms with E-state index in [1.165, 1.54) is 0 Å². The molecular formula is C11H20N2O3S. The standard InChI is InChI=1S/C11H20N2O3S/c1-2-12-5-3-4-10(12)11(14)13-6-8-17(15,16)9-7-13/h10H,2-9H2,1H3/t10-/m0/s1. The van der Waals surface area contributed by atoms with Crippen molar-refractivity contribution in [3.05, 3.63) is 0 Å². The third-order valence-corrected chi connectivity index (χ3v) is 5.32. The van der Waals surface area contributed by atoms with Gasteiger partial charge in [0.25, 0.3) is 0 Å². The van der Waals surface area contributed by atoms with Gasteiger partial charge in [-0.25, -0.2) is 8.42 Å². The zero-order valence-electron chi connectivity index (χ0n) is 10.3. The smallest absolute Gasteiger partial charge is 0.239 e. The van der Waals surface area contributed by atoms with Crippen molar-refractivity contribution in [2.45, 2.75) is 25.8 Å². The van der Waals surface area contributed by atoms with Crippen molar-refractivity contribution in [2.24, 2.45) is 0 Å². The van der Waals surface area contributed by atoms with Gasteiger partial charge in [-0.15, -0.1) is 0 Å². The van der Waals surface area contributed by atoms with Crippen molar-refractivity contribution in [2.75, 3.05) is 37.7 Å². The predicted octanol–water partition coefficient (Wildman–Crippen LogP) is -0.272. The SMILES string of the molecule is CCN1CCC[C@H]1C(=O)N1CCS(=O)(=O)CC1. The van der Waals surface area contributed by atoms with Crippen molar-refractivity contribution in [3.63, 3.8) is 0 Å². The van der Waals surface area contributed by atoms with Gasteiger partial charge >= 0.3 is 0 Å². The Morgan fingerprint density at radius 2 is 1.88 bits per heavy atom. The van der Waals surface area contributed by atoms with Gasteiger partial charge in [0.15, 0.2) is 9.84 Å². The molecule has 2 rings (SSSR count). The lowest BCUT2D eigenvalue weighted by atomic mass is 10.2. The van der Waals surface area contributed by atoms with Crippen LogP contribution >= 0.6 is 0 Å². The third-order valence-electron chi connectivity index (χ3n) is 3.71. The average Bonchev–Trinajstić information content (AvgIpc) is 2.76. The monoisotopic (exact) mass is 260 g/mol. The molecule has 1 atom stereocenters. The molecule has 1 amide bonds. The molecule has 0 aromatic rings. The molecule has 17 heavy (non-hydrogen) atoms. The summed E-state index contributed by atoms with van der Waals surface area (Å²) in [6, 6.07) is -0.0131. The molecule has 0 aliphatic carbocycles. The number of carbonyl (C=O) groups excluding carboxylic acids is 1. The first kappa shape index (κ1) is 12.8. The highest BCUT2D eigenvalue weighted by atomic mass is 32.2. The second kappa shape index (κ2) is 4.94. The number of likely N-dealkylation sites (N-methyl/N-ethyl adjacent to an activating group) is 1. The summed E-state index contributed by atoms with van der Waals surface area (Å²) in [5, 5.41) is 0. The van der Waals surface area contributed by atoms with Gasteiger partial charge in [0.1, 0.15) is 0 Å². The lowest BCUT2D eigenvalue weighted by Crippen LogP contribution is -2.50. The van der Waals surface area contributed by atoms with E-state index in [-0.39, 0.29) is 23.5 Å². The molecule has 0 aromatic heterocycles. The van der Waals surface area contributed by atoms with E-state index in [2.05, 4.69) is 11.8 Å². The molecular weight excluding hydrogens is 240 g/mol. The number of carbonyl (C=O) groups is 1. The Morgan fingerprint density at radius 1 is 1.24 bits per heavy atom. The molecule has 0 saturated carbocycles. The molecule has 0 unspecified atom stereocenters. The first-order valence-electron chi connectivity index (χ1n) is 6.27. The summed E-state index contributed by atoms with van der Waals surface area (Å²) in [6.07, 6.45) is 1.98. The minimum absolute atomic E-state index is 0.0131. The summed E-state index contributed by atoms with van der Waals surface area (Å²) < 4.78 is 22.6. The third kappa shape index (κ3) is 2.80. The van der Waals surface area contributed by atoms with E-state index in [9.17, 15) is 13.2 Å². The molecule has 2 fully saturated rings. The fraction of sp³-hybridized carbons (Fsp3) is 0.909. The summed E-state index contributed by atoms with van der Waals surface area (Å²) in [4.78, 5) is 16.2. The van der Waals surface area contributed by atoms with E-state index < -0.39 is 9.84 Å². The van der Waals surface area contributed by atoms with E-state index in [0.717, 1.165) is 25.9 Å². The Bertz CT molecular complexity index is 380. The average molecular weight is 260 g/mol. The molecule has 6 heteroatoms. The number of likely N-dealkylation sites (tertiary alicyclic amines) is 1. The number of sulfone groups is 1. The van der Waals surface area contributed by atoms with Gasteiger partial charge in [-0.3, -0.25) is 9.69 Å². The van der Waals surface area contributed by atoms with Gasteiger partial charge in [0, 0.05) is 13.1 Å². The van der Waals surface area contributed by atoms with Crippen LogP contribution in [0.4, 0.5) is 0 Å². The fourth-order valence-corrected chi connectivity index (χ4v) is 3.83. The van der Waals surface area contributed by atoms with Crippen LogP contribution in [0.3, 0.4) is 0 Å². The van der Waals surface area contributed by atoms with Crippen molar-refractivity contribution in [1.82, 2.24) is 9.80 Å². The van der Waals surface area contributed by atoms with Crippen LogP contribution in [0.1, 0.15) is 19.8 Å². The van der Waals surface area contributed by atoms with Gasteiger partial charge in [-0.1, -0.05) is 6.92 Å². The lowest BCUT2D eigenvalue weighted by molar-refractivity contribution is -0.135. The van der Waals surface area contributed by atoms with Crippen LogP contribution in [0, 0.1) is 0 Å². The molecule has 2 aliphatic rings. The quantitative estimate of drug-likeness (QED) is 0.686. The van der Waals surface area contributed by atoms with Crippen molar-refractivity contribution < 1.29 is 13.2 Å². The van der Waals surface area contributed by atoms with Crippen molar-refractivity contribution >= 4 is 15.7 Å². The van der Waals surface area contributed by atoms with Crippen LogP contribution in [0.2, 0.25) is 0 Å². The topological polar surface area (TPSA) is 57.7 Å². The van der Waals surface area contributed by atoms with E-state index in [4.69, 9.17) is 0 Å². The van der Waals surface area contributed by atoms with Gasteiger partial charge < -0.3 is 4.90 Å². The molecule has 2 aliphatic heterocycles. The number of hydrogen-bond donors (Lipinski definition) is 0. The van der Waals surface area contributed by atoms with Crippen LogP contribution in [-0.4, -0.2) is 67.9 Å². The van der Waals surface area contributed by atoms with Gasteiger partial charge in [-0.05, 0) is 25.9 Å². The molecule has 98 valence electrons. The molecule has 0 radical (unpaired) electrons. The van der Waals surface area contributed by atoms with Crippen molar-refractivity contribution in [3.8, 4) is 0 Å². The van der Waals surface area contributed by atoms with Crippen molar-refractivity contribution in [1.29, 1.82) is 0 Å². The molecule has 2 saturated heterocycles. The highest BCUT2D eigenvalue weighted by molar-refractivity contribution is 7.91. The Kier molecular flexibility index (Phi) is 3.73. The predicted molar refractivity (Wildman–Crippen MR) is 65.5 cm³/mol. The van der Waals surface area contributed by atoms with E-state index in [1.807, 2.05) is 0 Å². The minimum Gasteiger partial charge on any atom is -0.339 e. The van der Waals surface area contributed by atoms with Gasteiger partial charge in [-0.2, -0.15) is 0 Å². The fourth-order valence-electron chi connectivity index (χ4n) is 2.63. The highest BCUT2D eigenvalue weighted by Gasteiger charge is 2.34. The highest BCUT2D eigenvalue weighted by Crippen LogP contribution is 2.19. The number of rotatable bonds is 2. The van der Waals surface area contributed by atoms with E-state index in [0.29, 0.717) is 13.1 Å². The van der Waals surface area contributed by atoms with Crippen LogP contribution in [0.15, 0.2) is 0 Å². The second-order valence-electron chi connectivity index (χ2n) is 4.76. The van der Waals surface area contributed by atoms with Crippen LogP contribution in [0.5, 0.6) is 0 Å². The molecule has 0 spiro atoms. The number of amides is 1. The summed E-state index contributed by atoms with van der Waals surface area (Å²) in [5.74, 6) is 0.370. The largest absolute Gasteiger partial charge is 0.339 e. The molecule has 0 N–H and O–H groups in total. The van der Waals surface area contributed by atoms with Crippen LogP contribution in [-0.2, 0) is 14.6 Å². The maximum absolute atomic E-state index is 12.3. The van der Waals surface area contributed by atoms with E-state index in [1.54, 1.807) is 4.90 Å². The summed E-state index contributed by atoms with van der Waals surface area (Å²) in [5.41, 5.74) is 0. The summed E-state index contributed by atoms with van der Waals surface area (Å²) in [7, 11) is -2.90. The molecule has 0 aromatic carbocycles. The first-order valence-corrected chi connectivity index (χ1v) is 8.09. The lowest BCUT2D eigenvalue weighted by Gasteiger charge is -2.32. The van der Waals surface area contributed by atoms with Crippen LogP contribution in [0.25, 0.3) is 0 Å². The van der Waals surface area contributed by atoms with Gasteiger partial charge in [0.05, 0.1) is 17.5 Å². The second-order valence-corrected chi connectivity index (χ2v) is 7.07. The minimum atomic E-state index is -2.90. The van der Waals surface area contributed by atoms with E-state index >= 15 is 0 Å². The maximum atomic E-state index is 12.3. The zero-order chi connectivity index (χ0) is 12.5. The molecule has 5 nitrogen and oxygen atoms in total. The van der Waals surface area contributed by atoms with Gasteiger partial charge in [0.2, 0.25) is 5.91 Å². The molecule has 2 heterocycles.